The number of nitrogens with zero attached hydrogens (tertiary/aromatic N) is 2. The SMILES string of the molecule is Clc1cc(Cl)nc(NCC2CCCO2)n1. The van der Waals surface area contributed by atoms with Crippen LogP contribution >= 0.6 is 23.2 Å². The standard InChI is InChI=1S/C9H11Cl2N3O/c10-7-4-8(11)14-9(13-7)12-5-6-2-1-3-15-6/h4,6H,1-3,5H2,(H,12,13,14). The van der Waals surface area contributed by atoms with Crippen LogP contribution in [-0.2, 0) is 4.74 Å². The molecule has 0 amide bonds. The van der Waals surface area contributed by atoms with Gasteiger partial charge in [-0.25, -0.2) is 9.97 Å². The molecule has 1 N–H and O–H groups in total. The molecule has 1 aromatic heterocycles. The first-order valence-electron chi connectivity index (χ1n) is 4.79. The highest BCUT2D eigenvalue weighted by Crippen LogP contribution is 2.16. The van der Waals surface area contributed by atoms with Crippen molar-refractivity contribution in [3.05, 3.63) is 16.4 Å². The van der Waals surface area contributed by atoms with Crippen LogP contribution < -0.4 is 5.32 Å². The van der Waals surface area contributed by atoms with Crippen molar-refractivity contribution in [2.75, 3.05) is 18.5 Å². The minimum Gasteiger partial charge on any atom is -0.376 e. The lowest BCUT2D eigenvalue weighted by Gasteiger charge is -2.10. The molecule has 0 aromatic carbocycles. The zero-order valence-electron chi connectivity index (χ0n) is 8.04. The Morgan fingerprint density at radius 2 is 2.13 bits per heavy atom. The number of aromatic nitrogens is 2. The summed E-state index contributed by atoms with van der Waals surface area (Å²) in [5.74, 6) is 0.447. The Hall–Kier alpha value is -0.580. The number of ether oxygens (including phenoxy) is 1. The first-order valence-corrected chi connectivity index (χ1v) is 5.55. The highest BCUT2D eigenvalue weighted by atomic mass is 35.5. The molecule has 2 heterocycles. The molecule has 82 valence electrons. The van der Waals surface area contributed by atoms with Crippen LogP contribution in [0.1, 0.15) is 12.8 Å². The Balaban J connectivity index is 1.92. The van der Waals surface area contributed by atoms with E-state index in [1.54, 1.807) is 0 Å². The molecular weight excluding hydrogens is 237 g/mol. The van der Waals surface area contributed by atoms with Gasteiger partial charge < -0.3 is 10.1 Å². The van der Waals surface area contributed by atoms with E-state index in [1.165, 1.54) is 6.07 Å². The molecule has 0 saturated carbocycles. The second-order valence-corrected chi connectivity index (χ2v) is 4.13. The number of anilines is 1. The Labute approximate surface area is 98.0 Å². The van der Waals surface area contributed by atoms with Crippen LogP contribution in [0.25, 0.3) is 0 Å². The fourth-order valence-electron chi connectivity index (χ4n) is 1.48. The normalized spacial score (nSPS) is 20.5. The van der Waals surface area contributed by atoms with Crippen molar-refractivity contribution in [1.29, 1.82) is 0 Å². The van der Waals surface area contributed by atoms with Crippen molar-refractivity contribution >= 4 is 29.2 Å². The van der Waals surface area contributed by atoms with Crippen molar-refractivity contribution < 1.29 is 4.74 Å². The number of halogens is 2. The maximum atomic E-state index is 5.74. The predicted octanol–water partition coefficient (Wildman–Crippen LogP) is 2.37. The number of hydrogen-bond acceptors (Lipinski definition) is 4. The second-order valence-electron chi connectivity index (χ2n) is 3.35. The monoisotopic (exact) mass is 247 g/mol. The van der Waals surface area contributed by atoms with Crippen LogP contribution in [0, 0.1) is 0 Å². The third kappa shape index (κ3) is 3.19. The van der Waals surface area contributed by atoms with Crippen molar-refractivity contribution in [1.82, 2.24) is 9.97 Å². The summed E-state index contributed by atoms with van der Waals surface area (Å²) in [5, 5.41) is 3.73. The fraction of sp³-hybridized carbons (Fsp3) is 0.556. The summed E-state index contributed by atoms with van der Waals surface area (Å²) in [6.07, 6.45) is 2.43. The molecule has 0 radical (unpaired) electrons. The first-order chi connectivity index (χ1) is 7.24. The van der Waals surface area contributed by atoms with Gasteiger partial charge in [0.25, 0.3) is 0 Å². The molecule has 1 aliphatic heterocycles. The summed E-state index contributed by atoms with van der Waals surface area (Å²) in [5.41, 5.74) is 0. The van der Waals surface area contributed by atoms with Crippen LogP contribution in [-0.4, -0.2) is 29.2 Å². The van der Waals surface area contributed by atoms with Crippen molar-refractivity contribution in [2.24, 2.45) is 0 Å². The predicted molar refractivity (Wildman–Crippen MR) is 59.5 cm³/mol. The third-order valence-electron chi connectivity index (χ3n) is 2.18. The lowest BCUT2D eigenvalue weighted by atomic mass is 10.2. The van der Waals surface area contributed by atoms with Crippen molar-refractivity contribution in [3.8, 4) is 0 Å². The lowest BCUT2D eigenvalue weighted by molar-refractivity contribution is 0.120. The molecular formula is C9H11Cl2N3O. The maximum Gasteiger partial charge on any atom is 0.225 e. The van der Waals surface area contributed by atoms with Gasteiger partial charge in [0.15, 0.2) is 0 Å². The Morgan fingerprint density at radius 1 is 1.40 bits per heavy atom. The zero-order chi connectivity index (χ0) is 10.7. The molecule has 1 fully saturated rings. The Kier molecular flexibility index (Phi) is 3.61. The molecule has 1 saturated heterocycles. The molecule has 15 heavy (non-hydrogen) atoms. The summed E-state index contributed by atoms with van der Waals surface area (Å²) in [4.78, 5) is 8.00. The molecule has 2 rings (SSSR count). The first kappa shape index (κ1) is 10.9. The average Bonchev–Trinajstić information content (AvgIpc) is 2.65. The topological polar surface area (TPSA) is 47.0 Å². The summed E-state index contributed by atoms with van der Waals surface area (Å²) < 4.78 is 5.45. The maximum absolute atomic E-state index is 5.74. The van der Waals surface area contributed by atoms with E-state index in [2.05, 4.69) is 15.3 Å². The van der Waals surface area contributed by atoms with E-state index in [4.69, 9.17) is 27.9 Å². The van der Waals surface area contributed by atoms with Crippen LogP contribution in [0.5, 0.6) is 0 Å². The molecule has 0 bridgehead atoms. The highest BCUT2D eigenvalue weighted by molar-refractivity contribution is 6.33. The van der Waals surface area contributed by atoms with Gasteiger partial charge in [0.1, 0.15) is 10.3 Å². The highest BCUT2D eigenvalue weighted by Gasteiger charge is 2.15. The van der Waals surface area contributed by atoms with E-state index >= 15 is 0 Å². The second kappa shape index (κ2) is 4.96. The summed E-state index contributed by atoms with van der Waals surface area (Å²) in [6.45, 7) is 1.53. The third-order valence-corrected chi connectivity index (χ3v) is 2.56. The quantitative estimate of drug-likeness (QED) is 0.834. The fourth-order valence-corrected chi connectivity index (χ4v) is 1.90. The van der Waals surface area contributed by atoms with Gasteiger partial charge in [0.2, 0.25) is 5.95 Å². The van der Waals surface area contributed by atoms with E-state index in [0.29, 0.717) is 22.8 Å². The Bertz CT molecular complexity index is 322. The summed E-state index contributed by atoms with van der Waals surface area (Å²) in [7, 11) is 0. The van der Waals surface area contributed by atoms with Gasteiger partial charge in [0, 0.05) is 19.2 Å². The minimum absolute atomic E-state index is 0.242. The average molecular weight is 248 g/mol. The van der Waals surface area contributed by atoms with Gasteiger partial charge in [-0.2, -0.15) is 0 Å². The summed E-state index contributed by atoms with van der Waals surface area (Å²) >= 11 is 11.5. The molecule has 6 heteroatoms. The van der Waals surface area contributed by atoms with Gasteiger partial charge in [-0.3, -0.25) is 0 Å². The van der Waals surface area contributed by atoms with Gasteiger partial charge >= 0.3 is 0 Å². The summed E-state index contributed by atoms with van der Waals surface area (Å²) in [6, 6.07) is 1.50. The van der Waals surface area contributed by atoms with Gasteiger partial charge in [-0.05, 0) is 12.8 Å². The number of rotatable bonds is 3. The largest absolute Gasteiger partial charge is 0.376 e. The number of hydrogen-bond donors (Lipinski definition) is 1. The molecule has 1 aliphatic rings. The molecule has 1 unspecified atom stereocenters. The van der Waals surface area contributed by atoms with Crippen LogP contribution in [0.3, 0.4) is 0 Å². The van der Waals surface area contributed by atoms with E-state index in [-0.39, 0.29) is 6.10 Å². The zero-order valence-corrected chi connectivity index (χ0v) is 9.55. The Morgan fingerprint density at radius 3 is 2.73 bits per heavy atom. The van der Waals surface area contributed by atoms with Gasteiger partial charge in [-0.15, -0.1) is 0 Å². The van der Waals surface area contributed by atoms with Crippen molar-refractivity contribution in [3.63, 3.8) is 0 Å². The van der Waals surface area contributed by atoms with E-state index in [0.717, 1.165) is 19.4 Å². The smallest absolute Gasteiger partial charge is 0.225 e. The van der Waals surface area contributed by atoms with E-state index < -0.39 is 0 Å². The van der Waals surface area contributed by atoms with Crippen LogP contribution in [0.4, 0.5) is 5.95 Å². The molecule has 1 atom stereocenters. The van der Waals surface area contributed by atoms with Gasteiger partial charge in [0.05, 0.1) is 6.10 Å². The molecule has 0 aliphatic carbocycles. The molecule has 0 spiro atoms. The van der Waals surface area contributed by atoms with Crippen LogP contribution in [0.15, 0.2) is 6.07 Å². The molecule has 4 nitrogen and oxygen atoms in total. The molecule has 1 aromatic rings. The van der Waals surface area contributed by atoms with E-state index in [9.17, 15) is 0 Å². The number of nitrogens with one attached hydrogen (secondary N) is 1. The van der Waals surface area contributed by atoms with E-state index in [1.807, 2.05) is 0 Å². The minimum atomic E-state index is 0.242. The van der Waals surface area contributed by atoms with Gasteiger partial charge in [-0.1, -0.05) is 23.2 Å². The van der Waals surface area contributed by atoms with Crippen molar-refractivity contribution in [2.45, 2.75) is 18.9 Å². The van der Waals surface area contributed by atoms with Crippen LogP contribution in [0.2, 0.25) is 10.3 Å². The lowest BCUT2D eigenvalue weighted by Crippen LogP contribution is -2.19.